The smallest absolute Gasteiger partial charge is 0.270 e. The lowest BCUT2D eigenvalue weighted by molar-refractivity contribution is 0.432. The summed E-state index contributed by atoms with van der Waals surface area (Å²) in [7, 11) is 0. The van der Waals surface area contributed by atoms with Crippen molar-refractivity contribution in [1.29, 1.82) is 0 Å². The lowest BCUT2D eigenvalue weighted by Crippen LogP contribution is -1.83. The lowest BCUT2D eigenvalue weighted by atomic mass is 10.4. The van der Waals surface area contributed by atoms with Gasteiger partial charge in [-0.1, -0.05) is 5.16 Å². The van der Waals surface area contributed by atoms with E-state index in [9.17, 15) is 0 Å². The van der Waals surface area contributed by atoms with E-state index >= 15 is 0 Å². The van der Waals surface area contributed by atoms with Crippen LogP contribution >= 0.6 is 11.3 Å². The summed E-state index contributed by atoms with van der Waals surface area (Å²) in [6.45, 7) is 3.85. The molecule has 0 aliphatic heterocycles. The van der Waals surface area contributed by atoms with Gasteiger partial charge in [-0.05, 0) is 13.8 Å². The summed E-state index contributed by atoms with van der Waals surface area (Å²) in [5, 5.41) is 11.2. The molecule has 3 aromatic rings. The molecule has 0 aromatic carbocycles. The van der Waals surface area contributed by atoms with Crippen LogP contribution in [0.1, 0.15) is 10.7 Å². The number of hydrogen-bond acceptors (Lipinski definition) is 7. The fourth-order valence-corrected chi connectivity index (χ4v) is 2.30. The molecule has 0 saturated carbocycles. The highest BCUT2D eigenvalue weighted by Gasteiger charge is 2.16. The van der Waals surface area contributed by atoms with Crippen molar-refractivity contribution in [3.63, 3.8) is 0 Å². The molecule has 3 rings (SSSR count). The molecule has 3 heterocycles. The third-order valence-electron chi connectivity index (χ3n) is 2.15. The monoisotopic (exact) mass is 248 g/mol. The van der Waals surface area contributed by atoms with Gasteiger partial charge in [0.15, 0.2) is 5.82 Å². The number of aryl methyl sites for hydroxylation is 2. The van der Waals surface area contributed by atoms with Crippen LogP contribution in [-0.4, -0.2) is 30.3 Å². The van der Waals surface area contributed by atoms with Gasteiger partial charge < -0.3 is 4.52 Å². The Hall–Kier alpha value is -2.09. The van der Waals surface area contributed by atoms with Crippen LogP contribution in [0, 0.1) is 13.8 Å². The summed E-state index contributed by atoms with van der Waals surface area (Å²) in [5.41, 5.74) is 0.889. The van der Waals surface area contributed by atoms with Crippen molar-refractivity contribution in [2.75, 3.05) is 0 Å². The molecule has 1 N–H and O–H groups in total. The van der Waals surface area contributed by atoms with Crippen LogP contribution in [0.25, 0.3) is 22.4 Å². The first-order valence-electron chi connectivity index (χ1n) is 4.88. The number of H-pyrrole nitrogens is 1. The topological polar surface area (TPSA) is 93.4 Å². The van der Waals surface area contributed by atoms with Crippen molar-refractivity contribution in [3.05, 3.63) is 17.0 Å². The van der Waals surface area contributed by atoms with Crippen LogP contribution in [0.5, 0.6) is 0 Å². The number of hydrogen-bond donors (Lipinski definition) is 1. The highest BCUT2D eigenvalue weighted by atomic mass is 32.1. The Labute approximate surface area is 99.9 Å². The number of nitrogens with one attached hydrogen (secondary N) is 1. The van der Waals surface area contributed by atoms with E-state index in [1.54, 1.807) is 0 Å². The predicted molar refractivity (Wildman–Crippen MR) is 60.3 cm³/mol. The van der Waals surface area contributed by atoms with E-state index < -0.39 is 0 Å². The highest BCUT2D eigenvalue weighted by Crippen LogP contribution is 2.29. The Balaban J connectivity index is 2.03. The van der Waals surface area contributed by atoms with Gasteiger partial charge in [0.2, 0.25) is 5.82 Å². The van der Waals surface area contributed by atoms with Crippen LogP contribution in [0.2, 0.25) is 0 Å². The van der Waals surface area contributed by atoms with E-state index in [-0.39, 0.29) is 0 Å². The van der Waals surface area contributed by atoms with Gasteiger partial charge in [0.1, 0.15) is 11.2 Å². The molecule has 0 amide bonds. The zero-order chi connectivity index (χ0) is 11.8. The van der Waals surface area contributed by atoms with Gasteiger partial charge in [0, 0.05) is 0 Å². The zero-order valence-corrected chi connectivity index (χ0v) is 9.95. The first-order valence-corrected chi connectivity index (χ1v) is 5.69. The molecule has 3 aromatic heterocycles. The van der Waals surface area contributed by atoms with Gasteiger partial charge in [-0.3, -0.25) is 5.10 Å². The van der Waals surface area contributed by atoms with E-state index in [4.69, 9.17) is 4.52 Å². The second-order valence-electron chi connectivity index (χ2n) is 3.40. The van der Waals surface area contributed by atoms with Gasteiger partial charge in [0.25, 0.3) is 5.89 Å². The van der Waals surface area contributed by atoms with E-state index in [0.29, 0.717) is 17.5 Å². The number of aromatic amines is 1. The second kappa shape index (κ2) is 3.74. The molecule has 0 atom stereocenters. The third kappa shape index (κ3) is 1.72. The van der Waals surface area contributed by atoms with E-state index in [0.717, 1.165) is 15.6 Å². The van der Waals surface area contributed by atoms with Crippen molar-refractivity contribution in [2.45, 2.75) is 13.8 Å². The van der Waals surface area contributed by atoms with Crippen molar-refractivity contribution in [3.8, 4) is 22.4 Å². The normalized spacial score (nSPS) is 10.9. The van der Waals surface area contributed by atoms with Gasteiger partial charge in [0.05, 0.1) is 10.7 Å². The SMILES string of the molecule is Cc1nc(C)c(-c2nc(-c3ncn[nH]3)no2)s1. The minimum atomic E-state index is 0.392. The van der Waals surface area contributed by atoms with Crippen LogP contribution < -0.4 is 0 Å². The Morgan fingerprint density at radius 3 is 2.82 bits per heavy atom. The number of rotatable bonds is 2. The summed E-state index contributed by atoms with van der Waals surface area (Å²) in [6.07, 6.45) is 1.40. The molecule has 0 aliphatic rings. The highest BCUT2D eigenvalue weighted by molar-refractivity contribution is 7.15. The minimum Gasteiger partial charge on any atom is -0.333 e. The minimum absolute atomic E-state index is 0.392. The van der Waals surface area contributed by atoms with E-state index in [2.05, 4.69) is 30.3 Å². The van der Waals surface area contributed by atoms with Crippen molar-refractivity contribution in [1.82, 2.24) is 30.3 Å². The molecule has 0 radical (unpaired) electrons. The average molecular weight is 248 g/mol. The maximum Gasteiger partial charge on any atom is 0.270 e. The fourth-order valence-electron chi connectivity index (χ4n) is 1.45. The maximum atomic E-state index is 5.19. The van der Waals surface area contributed by atoms with Gasteiger partial charge in [-0.25, -0.2) is 9.97 Å². The molecular formula is C9H8N6OS. The van der Waals surface area contributed by atoms with Crippen molar-refractivity contribution in [2.24, 2.45) is 0 Å². The molecule has 86 valence electrons. The quantitative estimate of drug-likeness (QED) is 0.740. The molecule has 0 aliphatic carbocycles. The van der Waals surface area contributed by atoms with E-state index in [1.165, 1.54) is 17.7 Å². The Morgan fingerprint density at radius 2 is 2.18 bits per heavy atom. The number of aromatic nitrogens is 6. The molecule has 8 heteroatoms. The Morgan fingerprint density at radius 1 is 1.29 bits per heavy atom. The second-order valence-corrected chi connectivity index (χ2v) is 4.61. The molecule has 7 nitrogen and oxygen atoms in total. The number of thiazole rings is 1. The van der Waals surface area contributed by atoms with Crippen LogP contribution in [-0.2, 0) is 0 Å². The van der Waals surface area contributed by atoms with Gasteiger partial charge in [-0.15, -0.1) is 11.3 Å². The molecule has 0 spiro atoms. The fraction of sp³-hybridized carbons (Fsp3) is 0.222. The van der Waals surface area contributed by atoms with Crippen LogP contribution in [0.4, 0.5) is 0 Å². The first kappa shape index (κ1) is 10.1. The van der Waals surface area contributed by atoms with E-state index in [1.807, 2.05) is 13.8 Å². The summed E-state index contributed by atoms with van der Waals surface area (Å²) < 4.78 is 5.19. The molecule has 0 saturated heterocycles. The predicted octanol–water partition coefficient (Wildman–Crippen LogP) is 1.60. The molecule has 0 fully saturated rings. The summed E-state index contributed by atoms with van der Waals surface area (Å²) >= 11 is 1.52. The standard InChI is InChI=1S/C9H8N6OS/c1-4-6(17-5(2)12-4)9-13-8(15-16-9)7-10-3-11-14-7/h3H,1-2H3,(H,10,11,14). The molecule has 0 bridgehead atoms. The average Bonchev–Trinajstić information content (AvgIpc) is 2.97. The third-order valence-corrected chi connectivity index (χ3v) is 3.21. The molecular weight excluding hydrogens is 240 g/mol. The Kier molecular flexibility index (Phi) is 2.22. The Bertz CT molecular complexity index is 640. The van der Waals surface area contributed by atoms with Crippen LogP contribution in [0.3, 0.4) is 0 Å². The zero-order valence-electron chi connectivity index (χ0n) is 9.13. The summed E-state index contributed by atoms with van der Waals surface area (Å²) in [4.78, 5) is 13.4. The van der Waals surface area contributed by atoms with Crippen molar-refractivity contribution < 1.29 is 4.52 Å². The van der Waals surface area contributed by atoms with Crippen LogP contribution in [0.15, 0.2) is 10.9 Å². The van der Waals surface area contributed by atoms with Gasteiger partial charge in [-0.2, -0.15) is 10.1 Å². The number of nitrogens with zero attached hydrogens (tertiary/aromatic N) is 5. The summed E-state index contributed by atoms with van der Waals surface area (Å²) in [6, 6.07) is 0. The van der Waals surface area contributed by atoms with Crippen molar-refractivity contribution >= 4 is 11.3 Å². The molecule has 0 unspecified atom stereocenters. The van der Waals surface area contributed by atoms with Gasteiger partial charge >= 0.3 is 0 Å². The summed E-state index contributed by atoms with van der Waals surface area (Å²) in [5.74, 6) is 1.33. The molecule has 17 heavy (non-hydrogen) atoms. The lowest BCUT2D eigenvalue weighted by Gasteiger charge is -1.86. The largest absolute Gasteiger partial charge is 0.333 e. The first-order chi connectivity index (χ1) is 8.24. The maximum absolute atomic E-state index is 5.19.